The molecule has 0 aromatic rings. The SMILES string of the molecule is CCCCCCCCC(NCC)C1CCCO1. The molecule has 1 saturated heterocycles. The highest BCUT2D eigenvalue weighted by atomic mass is 16.5. The summed E-state index contributed by atoms with van der Waals surface area (Å²) in [4.78, 5) is 0. The third kappa shape index (κ3) is 6.42. The van der Waals surface area contributed by atoms with Crippen LogP contribution in [-0.2, 0) is 4.74 Å². The lowest BCUT2D eigenvalue weighted by molar-refractivity contribution is 0.0752. The van der Waals surface area contributed by atoms with Crippen molar-refractivity contribution >= 4 is 0 Å². The summed E-state index contributed by atoms with van der Waals surface area (Å²) in [5.74, 6) is 0. The lowest BCUT2D eigenvalue weighted by Crippen LogP contribution is -2.39. The molecule has 0 amide bonds. The van der Waals surface area contributed by atoms with Crippen molar-refractivity contribution in [3.05, 3.63) is 0 Å². The van der Waals surface area contributed by atoms with E-state index in [-0.39, 0.29) is 0 Å². The first-order valence-corrected chi connectivity index (χ1v) is 7.73. The predicted molar refractivity (Wildman–Crippen MR) is 74.4 cm³/mol. The van der Waals surface area contributed by atoms with Crippen LogP contribution in [0, 0.1) is 0 Å². The van der Waals surface area contributed by atoms with E-state index in [9.17, 15) is 0 Å². The zero-order chi connectivity index (χ0) is 12.3. The first kappa shape index (κ1) is 15.0. The van der Waals surface area contributed by atoms with E-state index < -0.39 is 0 Å². The van der Waals surface area contributed by atoms with Gasteiger partial charge in [-0.3, -0.25) is 0 Å². The second-order valence-electron chi connectivity index (χ2n) is 5.27. The number of ether oxygens (including phenoxy) is 1. The maximum atomic E-state index is 5.80. The zero-order valence-electron chi connectivity index (χ0n) is 11.8. The third-order valence-corrected chi connectivity index (χ3v) is 3.75. The van der Waals surface area contributed by atoms with Crippen molar-refractivity contribution in [2.24, 2.45) is 0 Å². The van der Waals surface area contributed by atoms with Gasteiger partial charge in [-0.2, -0.15) is 0 Å². The predicted octanol–water partition coefficient (Wildman–Crippen LogP) is 3.89. The Morgan fingerprint density at radius 3 is 2.53 bits per heavy atom. The molecule has 0 spiro atoms. The van der Waals surface area contributed by atoms with Gasteiger partial charge in [0, 0.05) is 12.6 Å². The van der Waals surface area contributed by atoms with Crippen LogP contribution >= 0.6 is 0 Å². The lowest BCUT2D eigenvalue weighted by atomic mass is 10.00. The van der Waals surface area contributed by atoms with E-state index in [2.05, 4.69) is 19.2 Å². The zero-order valence-corrected chi connectivity index (χ0v) is 11.8. The fourth-order valence-electron chi connectivity index (χ4n) is 2.75. The van der Waals surface area contributed by atoms with Gasteiger partial charge in [-0.15, -0.1) is 0 Å². The number of likely N-dealkylation sites (N-methyl/N-ethyl adjacent to an activating group) is 1. The summed E-state index contributed by atoms with van der Waals surface area (Å²) < 4.78 is 5.80. The molecule has 1 aliphatic heterocycles. The van der Waals surface area contributed by atoms with Crippen LogP contribution in [-0.4, -0.2) is 25.3 Å². The van der Waals surface area contributed by atoms with Gasteiger partial charge in [0.1, 0.15) is 0 Å². The molecule has 0 aliphatic carbocycles. The second-order valence-corrected chi connectivity index (χ2v) is 5.27. The summed E-state index contributed by atoms with van der Waals surface area (Å²) in [6.45, 7) is 6.52. The van der Waals surface area contributed by atoms with Gasteiger partial charge in [-0.05, 0) is 25.8 Å². The molecule has 0 aromatic carbocycles. The standard InChI is InChI=1S/C15H31NO/c1-3-5-6-7-8-9-11-14(16-4-2)15-12-10-13-17-15/h14-16H,3-13H2,1-2H3. The first-order valence-electron chi connectivity index (χ1n) is 7.73. The van der Waals surface area contributed by atoms with Gasteiger partial charge in [-0.25, -0.2) is 0 Å². The average Bonchev–Trinajstić information content (AvgIpc) is 2.86. The molecule has 1 heterocycles. The number of rotatable bonds is 10. The van der Waals surface area contributed by atoms with E-state index in [0.717, 1.165) is 13.2 Å². The maximum Gasteiger partial charge on any atom is 0.0728 e. The second kappa shape index (κ2) is 9.90. The monoisotopic (exact) mass is 241 g/mol. The summed E-state index contributed by atoms with van der Waals surface area (Å²) in [5, 5.41) is 3.60. The average molecular weight is 241 g/mol. The molecule has 1 aliphatic rings. The largest absolute Gasteiger partial charge is 0.377 e. The molecule has 0 saturated carbocycles. The normalized spacial score (nSPS) is 21.9. The van der Waals surface area contributed by atoms with Crippen LogP contribution in [0.3, 0.4) is 0 Å². The smallest absolute Gasteiger partial charge is 0.0728 e. The number of unbranched alkanes of at least 4 members (excludes halogenated alkanes) is 5. The van der Waals surface area contributed by atoms with Crippen molar-refractivity contribution in [1.82, 2.24) is 5.32 Å². The maximum absolute atomic E-state index is 5.80. The number of hydrogen-bond acceptors (Lipinski definition) is 2. The Bertz CT molecular complexity index is 166. The summed E-state index contributed by atoms with van der Waals surface area (Å²) in [6, 6.07) is 0.605. The number of hydrogen-bond donors (Lipinski definition) is 1. The van der Waals surface area contributed by atoms with Crippen LogP contribution in [0.5, 0.6) is 0 Å². The van der Waals surface area contributed by atoms with E-state index in [4.69, 9.17) is 4.74 Å². The molecule has 2 atom stereocenters. The van der Waals surface area contributed by atoms with Gasteiger partial charge >= 0.3 is 0 Å². The molecular weight excluding hydrogens is 210 g/mol. The highest BCUT2D eigenvalue weighted by molar-refractivity contribution is 4.80. The van der Waals surface area contributed by atoms with E-state index in [1.54, 1.807) is 0 Å². The van der Waals surface area contributed by atoms with Crippen molar-refractivity contribution in [2.45, 2.75) is 83.8 Å². The van der Waals surface area contributed by atoms with Crippen molar-refractivity contribution in [3.8, 4) is 0 Å². The fraction of sp³-hybridized carbons (Fsp3) is 1.00. The van der Waals surface area contributed by atoms with Gasteiger partial charge in [0.2, 0.25) is 0 Å². The highest BCUT2D eigenvalue weighted by Gasteiger charge is 2.24. The Morgan fingerprint density at radius 2 is 1.88 bits per heavy atom. The van der Waals surface area contributed by atoms with Crippen LogP contribution in [0.4, 0.5) is 0 Å². The fourth-order valence-corrected chi connectivity index (χ4v) is 2.75. The van der Waals surface area contributed by atoms with Crippen LogP contribution in [0.2, 0.25) is 0 Å². The van der Waals surface area contributed by atoms with Gasteiger partial charge in [0.25, 0.3) is 0 Å². The summed E-state index contributed by atoms with van der Waals surface area (Å²) in [6.07, 6.45) is 12.6. The molecule has 1 N–H and O–H groups in total. The van der Waals surface area contributed by atoms with E-state index in [0.29, 0.717) is 12.1 Å². The Kier molecular flexibility index (Phi) is 8.72. The third-order valence-electron chi connectivity index (χ3n) is 3.75. The van der Waals surface area contributed by atoms with E-state index in [1.165, 1.54) is 57.8 Å². The van der Waals surface area contributed by atoms with Crippen molar-refractivity contribution in [2.75, 3.05) is 13.2 Å². The molecule has 102 valence electrons. The first-order chi connectivity index (χ1) is 8.38. The molecular formula is C15H31NO. The topological polar surface area (TPSA) is 21.3 Å². The highest BCUT2D eigenvalue weighted by Crippen LogP contribution is 2.19. The molecule has 0 aromatic heterocycles. The van der Waals surface area contributed by atoms with Gasteiger partial charge in [0.05, 0.1) is 6.10 Å². The minimum atomic E-state index is 0.491. The molecule has 2 heteroatoms. The summed E-state index contributed by atoms with van der Waals surface area (Å²) >= 11 is 0. The van der Waals surface area contributed by atoms with Crippen LogP contribution in [0.15, 0.2) is 0 Å². The molecule has 1 rings (SSSR count). The molecule has 17 heavy (non-hydrogen) atoms. The Morgan fingerprint density at radius 1 is 1.12 bits per heavy atom. The van der Waals surface area contributed by atoms with Gasteiger partial charge < -0.3 is 10.1 Å². The van der Waals surface area contributed by atoms with Crippen LogP contribution in [0.1, 0.15) is 71.6 Å². The Hall–Kier alpha value is -0.0800. The van der Waals surface area contributed by atoms with Crippen LogP contribution in [0.25, 0.3) is 0 Å². The van der Waals surface area contributed by atoms with Crippen LogP contribution < -0.4 is 5.32 Å². The van der Waals surface area contributed by atoms with Crippen molar-refractivity contribution < 1.29 is 4.74 Å². The van der Waals surface area contributed by atoms with Crippen molar-refractivity contribution in [3.63, 3.8) is 0 Å². The molecule has 0 bridgehead atoms. The lowest BCUT2D eigenvalue weighted by Gasteiger charge is -2.23. The van der Waals surface area contributed by atoms with Gasteiger partial charge in [-0.1, -0.05) is 52.4 Å². The summed E-state index contributed by atoms with van der Waals surface area (Å²) in [7, 11) is 0. The Labute approximate surface area is 108 Å². The number of nitrogens with one attached hydrogen (secondary N) is 1. The Balaban J connectivity index is 2.07. The molecule has 0 radical (unpaired) electrons. The van der Waals surface area contributed by atoms with Crippen molar-refractivity contribution in [1.29, 1.82) is 0 Å². The quantitative estimate of drug-likeness (QED) is 0.586. The minimum absolute atomic E-state index is 0.491. The molecule has 1 fully saturated rings. The molecule has 2 unspecified atom stereocenters. The summed E-state index contributed by atoms with van der Waals surface area (Å²) in [5.41, 5.74) is 0. The van der Waals surface area contributed by atoms with E-state index in [1.807, 2.05) is 0 Å². The minimum Gasteiger partial charge on any atom is -0.377 e. The molecule has 2 nitrogen and oxygen atoms in total. The van der Waals surface area contributed by atoms with E-state index >= 15 is 0 Å². The van der Waals surface area contributed by atoms with Gasteiger partial charge in [0.15, 0.2) is 0 Å².